The molecule has 0 saturated carbocycles. The van der Waals surface area contributed by atoms with Crippen LogP contribution in [0.2, 0.25) is 5.02 Å². The minimum Gasteiger partial charge on any atom is -0.367 e. The Labute approximate surface area is 288 Å². The number of nitrogens with zero attached hydrogens (tertiary/aromatic N) is 1. The summed E-state index contributed by atoms with van der Waals surface area (Å²) in [5, 5.41) is 12.2. The van der Waals surface area contributed by atoms with Crippen LogP contribution in [0.15, 0.2) is 131 Å². The molecule has 0 spiro atoms. The van der Waals surface area contributed by atoms with Crippen molar-refractivity contribution < 1.29 is 4.79 Å². The van der Waals surface area contributed by atoms with E-state index in [1.54, 1.807) is 11.8 Å². The van der Waals surface area contributed by atoms with E-state index in [0.717, 1.165) is 53.3 Å². The van der Waals surface area contributed by atoms with Crippen molar-refractivity contribution in [3.63, 3.8) is 0 Å². The molecule has 1 N–H and O–H groups in total. The molecule has 9 rings (SSSR count). The molecule has 1 unspecified atom stereocenters. The van der Waals surface area contributed by atoms with Gasteiger partial charge < -0.3 is 9.88 Å². The summed E-state index contributed by atoms with van der Waals surface area (Å²) in [5.41, 5.74) is 7.00. The van der Waals surface area contributed by atoms with E-state index < -0.39 is 0 Å². The number of hydrogen-bond donors (Lipinski definition) is 1. The zero-order valence-corrected chi connectivity index (χ0v) is 27.9. The Kier molecular flexibility index (Phi) is 8.25. The van der Waals surface area contributed by atoms with Crippen molar-refractivity contribution >= 4 is 50.7 Å². The number of carbonyl (C=O) groups excluding carboxylic acids is 1. The molecule has 0 radical (unpaired) electrons. The van der Waals surface area contributed by atoms with Crippen molar-refractivity contribution in [3.05, 3.63) is 164 Å². The molecule has 6 heteroatoms. The Morgan fingerprint density at radius 1 is 0.771 bits per heavy atom. The van der Waals surface area contributed by atoms with Gasteiger partial charge in [-0.3, -0.25) is 9.59 Å². The van der Waals surface area contributed by atoms with Gasteiger partial charge in [0.05, 0.1) is 5.69 Å². The van der Waals surface area contributed by atoms with Crippen LogP contribution in [-0.4, -0.2) is 10.4 Å². The molecular formula is C42H33ClN2O2S. The highest BCUT2D eigenvalue weighted by Crippen LogP contribution is 2.43. The average molecular weight is 665 g/mol. The number of thioether (sulfide) groups is 1. The lowest BCUT2D eigenvalue weighted by atomic mass is 9.75. The molecule has 0 fully saturated rings. The molecule has 2 aliphatic heterocycles. The van der Waals surface area contributed by atoms with Crippen LogP contribution in [0.1, 0.15) is 45.8 Å². The van der Waals surface area contributed by atoms with Gasteiger partial charge in [0, 0.05) is 46.6 Å². The first-order chi connectivity index (χ1) is 23.6. The number of aryl methyl sites for hydroxylation is 2. The molecule has 3 heterocycles. The number of halogens is 1. The average Bonchev–Trinajstić information content (AvgIpc) is 3.15. The number of rotatable bonds is 3. The number of Topliss-reactive ketones (excluding diaryl/α,β-unsaturated/α-hetero) is 1. The van der Waals surface area contributed by atoms with Gasteiger partial charge in [-0.15, -0.1) is 11.8 Å². The summed E-state index contributed by atoms with van der Waals surface area (Å²) < 4.78 is 1.81. The lowest BCUT2D eigenvalue weighted by molar-refractivity contribution is 0.0951. The summed E-state index contributed by atoms with van der Waals surface area (Å²) in [6, 6.07) is 34.6. The highest BCUT2D eigenvalue weighted by molar-refractivity contribution is 8.04. The largest absolute Gasteiger partial charge is 0.367 e. The van der Waals surface area contributed by atoms with Crippen molar-refractivity contribution in [1.29, 1.82) is 0 Å². The van der Waals surface area contributed by atoms with Crippen LogP contribution in [0.4, 0.5) is 0 Å². The summed E-state index contributed by atoms with van der Waals surface area (Å²) in [4.78, 5) is 29.0. The number of fused-ring (bicyclic) bond motifs is 8. The van der Waals surface area contributed by atoms with Gasteiger partial charge in [-0.05, 0) is 98.5 Å². The van der Waals surface area contributed by atoms with Crippen LogP contribution in [0.3, 0.4) is 0 Å². The van der Waals surface area contributed by atoms with Gasteiger partial charge in [-0.2, -0.15) is 0 Å². The Balaban J connectivity index is 0.000000508. The second-order valence-corrected chi connectivity index (χ2v) is 13.7. The van der Waals surface area contributed by atoms with Gasteiger partial charge in [-0.25, -0.2) is 0 Å². The zero-order valence-electron chi connectivity index (χ0n) is 26.3. The smallest absolute Gasteiger partial charge is 0.258 e. The van der Waals surface area contributed by atoms with E-state index in [1.807, 2.05) is 82.4 Å². The third kappa shape index (κ3) is 5.47. The van der Waals surface area contributed by atoms with Crippen molar-refractivity contribution in [2.45, 2.75) is 38.1 Å². The fourth-order valence-corrected chi connectivity index (χ4v) is 8.11. The molecule has 1 aliphatic carbocycles. The minimum absolute atomic E-state index is 0.0701. The Morgan fingerprint density at radius 3 is 2.33 bits per heavy atom. The van der Waals surface area contributed by atoms with E-state index in [1.165, 1.54) is 21.7 Å². The van der Waals surface area contributed by atoms with Gasteiger partial charge in [0.25, 0.3) is 5.56 Å². The maximum atomic E-state index is 15.0. The highest BCUT2D eigenvalue weighted by atomic mass is 35.5. The summed E-state index contributed by atoms with van der Waals surface area (Å²) in [6.45, 7) is 0.528. The van der Waals surface area contributed by atoms with Crippen molar-refractivity contribution in [3.8, 4) is 22.4 Å². The molecule has 0 saturated heterocycles. The van der Waals surface area contributed by atoms with E-state index in [4.69, 9.17) is 11.6 Å². The molecule has 1 atom stereocenters. The number of ketones is 1. The topological polar surface area (TPSA) is 51.1 Å². The summed E-state index contributed by atoms with van der Waals surface area (Å²) >= 11 is 8.17. The number of aromatic nitrogens is 1. The number of hydrogen-bond acceptors (Lipinski definition) is 4. The molecule has 0 bridgehead atoms. The van der Waals surface area contributed by atoms with Crippen LogP contribution >= 0.6 is 23.4 Å². The lowest BCUT2D eigenvalue weighted by Crippen LogP contribution is -2.31. The van der Waals surface area contributed by atoms with Crippen molar-refractivity contribution in [2.24, 2.45) is 0 Å². The Bertz CT molecular complexity index is 2320. The normalized spacial score (nSPS) is 15.9. The van der Waals surface area contributed by atoms with E-state index in [2.05, 4.69) is 53.8 Å². The number of pyridine rings is 1. The van der Waals surface area contributed by atoms with Gasteiger partial charge in [0.15, 0.2) is 5.78 Å². The first-order valence-corrected chi connectivity index (χ1v) is 17.7. The molecule has 48 heavy (non-hydrogen) atoms. The predicted octanol–water partition coefficient (Wildman–Crippen LogP) is 10.3. The fraction of sp³-hybridized carbons (Fsp3) is 0.143. The van der Waals surface area contributed by atoms with Gasteiger partial charge in [0.2, 0.25) is 0 Å². The minimum atomic E-state index is -0.297. The molecule has 6 aromatic rings. The quantitative estimate of drug-likeness (QED) is 0.151. The van der Waals surface area contributed by atoms with E-state index in [9.17, 15) is 9.59 Å². The maximum absolute atomic E-state index is 15.0. The third-order valence-corrected chi connectivity index (χ3v) is 10.5. The first kappa shape index (κ1) is 30.5. The SMILES string of the molecule is C1=CSC=CN1.O=C(c1cc(-c2ccccc2)c(=O)n2c1-c1cc(Cl)ccc1CC2)C1CCCc2ccc3c(ccc4ccccc43)c21. The van der Waals surface area contributed by atoms with Crippen LogP contribution in [-0.2, 0) is 19.4 Å². The highest BCUT2D eigenvalue weighted by Gasteiger charge is 2.34. The number of nitrogens with one attached hydrogen (secondary N) is 1. The fourth-order valence-electron chi connectivity index (χ4n) is 7.54. The van der Waals surface area contributed by atoms with Crippen LogP contribution in [0, 0.1) is 0 Å². The van der Waals surface area contributed by atoms with Crippen LogP contribution in [0.5, 0.6) is 0 Å². The number of carbonyl (C=O) groups is 1. The van der Waals surface area contributed by atoms with Crippen LogP contribution in [0.25, 0.3) is 43.9 Å². The third-order valence-electron chi connectivity index (χ3n) is 9.72. The second kappa shape index (κ2) is 13.0. The van der Waals surface area contributed by atoms with Crippen molar-refractivity contribution in [2.75, 3.05) is 0 Å². The molecular weight excluding hydrogens is 632 g/mol. The van der Waals surface area contributed by atoms with E-state index in [0.29, 0.717) is 28.4 Å². The Hall–Kier alpha value is -4.84. The maximum Gasteiger partial charge on any atom is 0.258 e. The predicted molar refractivity (Wildman–Crippen MR) is 201 cm³/mol. The Morgan fingerprint density at radius 2 is 1.54 bits per heavy atom. The number of benzene rings is 5. The zero-order chi connectivity index (χ0) is 32.6. The molecule has 4 nitrogen and oxygen atoms in total. The molecule has 0 amide bonds. The first-order valence-electron chi connectivity index (χ1n) is 16.4. The van der Waals surface area contributed by atoms with E-state index >= 15 is 0 Å². The van der Waals surface area contributed by atoms with E-state index in [-0.39, 0.29) is 17.3 Å². The summed E-state index contributed by atoms with van der Waals surface area (Å²) in [6.07, 6.45) is 7.19. The standard InChI is InChI=1S/C38H28ClNO2.C4H5NS/c39-27-16-13-25-19-20-40-36(32(25)21-27)34(22-33(38(40)42)23-7-2-1-3-8-23)37(41)31-12-6-10-26-15-17-29-28-11-5-4-9-24(28)14-18-30(29)35(26)31;1-3-6-4-2-5-1/h1-5,7-9,11,13-18,21-22,31H,6,10,12,19-20H2;1-5H. The lowest BCUT2D eigenvalue weighted by Gasteiger charge is -2.30. The van der Waals surface area contributed by atoms with Gasteiger partial charge in [0.1, 0.15) is 0 Å². The van der Waals surface area contributed by atoms with Gasteiger partial charge >= 0.3 is 0 Å². The van der Waals surface area contributed by atoms with Crippen molar-refractivity contribution in [1.82, 2.24) is 9.88 Å². The van der Waals surface area contributed by atoms with Crippen LogP contribution < -0.4 is 10.9 Å². The molecule has 236 valence electrons. The molecule has 5 aromatic carbocycles. The summed E-state index contributed by atoms with van der Waals surface area (Å²) in [7, 11) is 0. The molecule has 1 aromatic heterocycles. The summed E-state index contributed by atoms with van der Waals surface area (Å²) in [5.74, 6) is -0.223. The second-order valence-electron chi connectivity index (χ2n) is 12.4. The monoisotopic (exact) mass is 664 g/mol. The molecule has 3 aliphatic rings. The van der Waals surface area contributed by atoms with Gasteiger partial charge in [-0.1, -0.05) is 96.5 Å².